The number of likely N-dealkylation sites (tertiary alicyclic amines) is 1. The predicted molar refractivity (Wildman–Crippen MR) is 119 cm³/mol. The van der Waals surface area contributed by atoms with Crippen LogP contribution in [0.4, 0.5) is 0 Å². The van der Waals surface area contributed by atoms with Crippen LogP contribution in [0.25, 0.3) is 10.9 Å². The van der Waals surface area contributed by atoms with E-state index in [0.717, 1.165) is 17.9 Å². The first-order valence-electron chi connectivity index (χ1n) is 10.3. The predicted octanol–water partition coefficient (Wildman–Crippen LogP) is 3.38. The van der Waals surface area contributed by atoms with Crippen molar-refractivity contribution in [3.8, 4) is 0 Å². The summed E-state index contributed by atoms with van der Waals surface area (Å²) in [4.78, 5) is 21.9. The van der Waals surface area contributed by atoms with E-state index in [1.54, 1.807) is 5.56 Å². The highest BCUT2D eigenvalue weighted by Crippen LogP contribution is 2.44. The number of benzene rings is 1. The van der Waals surface area contributed by atoms with Crippen molar-refractivity contribution in [3.63, 3.8) is 0 Å². The van der Waals surface area contributed by atoms with Crippen molar-refractivity contribution in [2.75, 3.05) is 25.1 Å². The lowest BCUT2D eigenvalue weighted by Gasteiger charge is -2.47. The van der Waals surface area contributed by atoms with Crippen LogP contribution in [0.15, 0.2) is 30.4 Å². The van der Waals surface area contributed by atoms with Gasteiger partial charge in [-0.3, -0.25) is 10.00 Å². The number of rotatable bonds is 6. The van der Waals surface area contributed by atoms with Crippen molar-refractivity contribution >= 4 is 34.6 Å². The molecule has 0 radical (unpaired) electrons. The van der Waals surface area contributed by atoms with Gasteiger partial charge in [0.1, 0.15) is 0 Å². The Morgan fingerprint density at radius 2 is 2.03 bits per heavy atom. The van der Waals surface area contributed by atoms with Crippen LogP contribution in [0.2, 0.25) is 0 Å². The zero-order chi connectivity index (χ0) is 21.7. The zero-order valence-corrected chi connectivity index (χ0v) is 18.2. The van der Waals surface area contributed by atoms with E-state index in [2.05, 4.69) is 46.5 Å². The SMILES string of the molecule is CCCN1C[C@H](CSC)C[C@@H]2c3cccc4n[nH]c(c34)C[C@H]21.O=C(O)/C=C\C(=O)O. The Bertz CT molecular complexity index is 910. The number of nitrogens with one attached hydrogen (secondary N) is 1. The van der Waals surface area contributed by atoms with Crippen molar-refractivity contribution < 1.29 is 19.8 Å². The summed E-state index contributed by atoms with van der Waals surface area (Å²) in [6, 6.07) is 7.35. The molecule has 0 saturated carbocycles. The quantitative estimate of drug-likeness (QED) is 0.602. The number of thioether (sulfide) groups is 1. The maximum Gasteiger partial charge on any atom is 0.328 e. The lowest BCUT2D eigenvalue weighted by Crippen LogP contribution is -2.50. The fourth-order valence-corrected chi connectivity index (χ4v) is 5.50. The molecule has 2 aliphatic rings. The third-order valence-electron chi connectivity index (χ3n) is 5.80. The standard InChI is InChI=1S/C18H25N3S.C4H4O4/c1-3-7-21-10-12(11-22-2)8-14-13-5-4-6-15-18(13)16(20-19-15)9-17(14)21;5-3(6)1-2-4(7)8/h4-6,12,14,17H,3,7-11H2,1-2H3,(H,19,20);1-2H,(H,5,6)(H,7,8)/b;2-1-/t12-,14-,17-;/m1./s1. The highest BCUT2D eigenvalue weighted by atomic mass is 32.2. The first-order valence-corrected chi connectivity index (χ1v) is 11.7. The van der Waals surface area contributed by atoms with Crippen molar-refractivity contribution in [2.45, 2.75) is 38.1 Å². The van der Waals surface area contributed by atoms with Crippen LogP contribution in [0.1, 0.15) is 36.9 Å². The second kappa shape index (κ2) is 10.1. The Morgan fingerprint density at radius 3 is 2.67 bits per heavy atom. The molecule has 8 heteroatoms. The summed E-state index contributed by atoms with van der Waals surface area (Å²) in [6.45, 7) is 4.80. The van der Waals surface area contributed by atoms with Crippen LogP contribution >= 0.6 is 11.8 Å². The number of H-pyrrole nitrogens is 1. The van der Waals surface area contributed by atoms with Crippen LogP contribution in [0, 0.1) is 5.92 Å². The Balaban J connectivity index is 0.000000275. The molecule has 1 aliphatic carbocycles. The van der Waals surface area contributed by atoms with Gasteiger partial charge in [0.05, 0.1) is 5.52 Å². The summed E-state index contributed by atoms with van der Waals surface area (Å²) in [5, 5.41) is 24.9. The molecule has 1 fully saturated rings. The maximum absolute atomic E-state index is 9.55. The topological polar surface area (TPSA) is 107 Å². The number of nitrogens with zero attached hydrogens (tertiary/aromatic N) is 2. The van der Waals surface area contributed by atoms with E-state index >= 15 is 0 Å². The molecule has 7 nitrogen and oxygen atoms in total. The van der Waals surface area contributed by atoms with Crippen LogP contribution in [-0.2, 0) is 16.0 Å². The number of carbonyl (C=O) groups is 2. The fourth-order valence-electron chi connectivity index (χ4n) is 4.79. The van der Waals surface area contributed by atoms with E-state index in [1.807, 2.05) is 11.8 Å². The van der Waals surface area contributed by atoms with Gasteiger partial charge in [0.2, 0.25) is 0 Å². The zero-order valence-electron chi connectivity index (χ0n) is 17.4. The minimum absolute atomic E-state index is 0.558. The van der Waals surface area contributed by atoms with Crippen LogP contribution < -0.4 is 0 Å². The van der Waals surface area contributed by atoms with E-state index in [4.69, 9.17) is 10.2 Å². The first-order chi connectivity index (χ1) is 14.4. The number of piperidine rings is 1. The van der Waals surface area contributed by atoms with Gasteiger partial charge in [-0.1, -0.05) is 19.1 Å². The first kappa shape index (κ1) is 22.4. The Hall–Kier alpha value is -2.32. The van der Waals surface area contributed by atoms with Crippen LogP contribution in [0.5, 0.6) is 0 Å². The van der Waals surface area contributed by atoms with Gasteiger partial charge in [-0.2, -0.15) is 16.9 Å². The van der Waals surface area contributed by atoms with Gasteiger partial charge < -0.3 is 10.2 Å². The summed E-state index contributed by atoms with van der Waals surface area (Å²) >= 11 is 2.00. The second-order valence-electron chi connectivity index (χ2n) is 7.88. The summed E-state index contributed by atoms with van der Waals surface area (Å²) < 4.78 is 0. The number of hydrogen-bond acceptors (Lipinski definition) is 5. The molecule has 3 atom stereocenters. The van der Waals surface area contributed by atoms with Gasteiger partial charge in [-0.25, -0.2) is 9.59 Å². The number of fused-ring (bicyclic) bond motifs is 2. The van der Waals surface area contributed by atoms with Crippen molar-refractivity contribution in [2.24, 2.45) is 5.92 Å². The number of carboxylic acid groups (broad SMARTS) is 2. The third-order valence-corrected chi connectivity index (χ3v) is 6.60. The molecule has 3 N–H and O–H groups in total. The molecule has 4 rings (SSSR count). The lowest BCUT2D eigenvalue weighted by molar-refractivity contribution is -0.134. The van der Waals surface area contributed by atoms with Gasteiger partial charge in [0, 0.05) is 48.2 Å². The minimum atomic E-state index is -1.26. The number of carboxylic acids is 2. The van der Waals surface area contributed by atoms with Crippen LogP contribution in [-0.4, -0.2) is 68.4 Å². The molecule has 1 aromatic carbocycles. The van der Waals surface area contributed by atoms with Gasteiger partial charge in [0.15, 0.2) is 0 Å². The molecule has 30 heavy (non-hydrogen) atoms. The number of aromatic amines is 1. The molecule has 2 heterocycles. The molecular formula is C22H29N3O4S. The Morgan fingerprint density at radius 1 is 1.30 bits per heavy atom. The molecule has 1 aromatic heterocycles. The largest absolute Gasteiger partial charge is 0.478 e. The maximum atomic E-state index is 9.55. The molecule has 0 unspecified atom stereocenters. The highest BCUT2D eigenvalue weighted by molar-refractivity contribution is 7.98. The van der Waals surface area contributed by atoms with Crippen molar-refractivity contribution in [1.29, 1.82) is 0 Å². The van der Waals surface area contributed by atoms with Crippen molar-refractivity contribution in [3.05, 3.63) is 41.6 Å². The monoisotopic (exact) mass is 431 g/mol. The summed E-state index contributed by atoms with van der Waals surface area (Å²) in [7, 11) is 0. The second-order valence-corrected chi connectivity index (χ2v) is 8.79. The molecule has 0 bridgehead atoms. The number of aromatic nitrogens is 2. The van der Waals surface area contributed by atoms with Gasteiger partial charge in [-0.05, 0) is 48.9 Å². The molecule has 0 spiro atoms. The van der Waals surface area contributed by atoms with Crippen molar-refractivity contribution in [1.82, 2.24) is 15.1 Å². The van der Waals surface area contributed by atoms with Gasteiger partial charge >= 0.3 is 11.9 Å². The fraction of sp³-hybridized carbons (Fsp3) is 0.500. The lowest BCUT2D eigenvalue weighted by atomic mass is 9.73. The molecule has 2 aromatic rings. The summed E-state index contributed by atoms with van der Waals surface area (Å²) in [5.41, 5.74) is 4.06. The molecule has 162 valence electrons. The summed E-state index contributed by atoms with van der Waals surface area (Å²) in [6.07, 6.45) is 7.09. The van der Waals surface area contributed by atoms with E-state index in [1.165, 1.54) is 42.8 Å². The Labute approximate surface area is 180 Å². The molecular weight excluding hydrogens is 402 g/mol. The normalized spacial score (nSPS) is 23.1. The number of hydrogen-bond donors (Lipinski definition) is 3. The molecule has 1 aliphatic heterocycles. The highest BCUT2D eigenvalue weighted by Gasteiger charge is 2.40. The van der Waals surface area contributed by atoms with E-state index < -0.39 is 11.9 Å². The van der Waals surface area contributed by atoms with Gasteiger partial charge in [-0.15, -0.1) is 0 Å². The molecule has 1 saturated heterocycles. The Kier molecular flexibility index (Phi) is 7.55. The smallest absolute Gasteiger partial charge is 0.328 e. The average Bonchev–Trinajstić information content (AvgIpc) is 3.13. The third kappa shape index (κ3) is 5.05. The van der Waals surface area contributed by atoms with Crippen LogP contribution in [0.3, 0.4) is 0 Å². The average molecular weight is 432 g/mol. The van der Waals surface area contributed by atoms with E-state index in [-0.39, 0.29) is 0 Å². The van der Waals surface area contributed by atoms with E-state index in [0.29, 0.717) is 24.1 Å². The molecule has 0 amide bonds. The summed E-state index contributed by atoms with van der Waals surface area (Å²) in [5.74, 6) is 0.287. The number of aliphatic carboxylic acids is 2. The van der Waals surface area contributed by atoms with Gasteiger partial charge in [0.25, 0.3) is 0 Å². The van der Waals surface area contributed by atoms with E-state index in [9.17, 15) is 9.59 Å². The minimum Gasteiger partial charge on any atom is -0.478 e.